The van der Waals surface area contributed by atoms with Gasteiger partial charge in [0.25, 0.3) is 0 Å². The molecule has 0 aliphatic heterocycles. The van der Waals surface area contributed by atoms with Crippen LogP contribution >= 0.6 is 22.6 Å². The molecule has 0 aromatic rings. The average molecular weight is 310 g/mol. The molecule has 0 aromatic heterocycles. The van der Waals surface area contributed by atoms with Gasteiger partial charge in [-0.3, -0.25) is 0 Å². The van der Waals surface area contributed by atoms with E-state index >= 15 is 0 Å². The Kier molecular flexibility index (Phi) is 4.87. The van der Waals surface area contributed by atoms with Crippen molar-refractivity contribution in [2.75, 3.05) is 11.5 Å². The Morgan fingerprint density at radius 1 is 1.43 bits per heavy atom. The van der Waals surface area contributed by atoms with Crippen LogP contribution in [0, 0.1) is 5.92 Å². The van der Waals surface area contributed by atoms with Crippen LogP contribution in [-0.2, 0) is 9.47 Å². The van der Waals surface area contributed by atoms with Crippen LogP contribution in [0.1, 0.15) is 27.2 Å². The number of hydrogen-bond acceptors (Lipinski definition) is 2. The van der Waals surface area contributed by atoms with Gasteiger partial charge in [-0.2, -0.15) is 0 Å². The van der Waals surface area contributed by atoms with Crippen molar-refractivity contribution in [1.82, 2.24) is 0 Å². The number of halogens is 1. The summed E-state index contributed by atoms with van der Waals surface area (Å²) < 4.78 is 12.0. The van der Waals surface area contributed by atoms with E-state index in [1.807, 2.05) is 0 Å². The minimum absolute atomic E-state index is 0.0614. The van der Waals surface area contributed by atoms with Crippen molar-refractivity contribution >= 4 is 22.6 Å². The van der Waals surface area contributed by atoms with Gasteiger partial charge in [0.1, 0.15) is 0 Å². The highest BCUT2D eigenvalue weighted by Gasteiger charge is 2.28. The first-order valence-corrected chi connectivity index (χ1v) is 6.54. The molecule has 3 atom stereocenters. The largest absolute Gasteiger partial charge is 0.355 e. The van der Waals surface area contributed by atoms with Gasteiger partial charge in [0.15, 0.2) is 6.29 Å². The van der Waals surface area contributed by atoms with E-state index in [2.05, 4.69) is 43.4 Å². The third kappa shape index (κ3) is 2.70. The molecule has 0 spiro atoms. The van der Waals surface area contributed by atoms with Crippen LogP contribution in [0.25, 0.3) is 0 Å². The molecule has 82 valence electrons. The van der Waals surface area contributed by atoms with Crippen molar-refractivity contribution < 1.29 is 9.47 Å². The zero-order chi connectivity index (χ0) is 10.7. The number of alkyl halides is 1. The van der Waals surface area contributed by atoms with Gasteiger partial charge in [-0.15, -0.1) is 0 Å². The molecule has 0 heterocycles. The number of methoxy groups -OCH3 is 1. The highest BCUT2D eigenvalue weighted by atomic mass is 127. The standard InChI is InChI=1S/C11H19IO2/c1-7-5-10(9(3)8(7)2)14-11(6-12)13-4/h7,10-11H,5-6H2,1-4H3. The van der Waals surface area contributed by atoms with Crippen molar-refractivity contribution in [3.05, 3.63) is 11.1 Å². The summed E-state index contributed by atoms with van der Waals surface area (Å²) >= 11 is 2.29. The van der Waals surface area contributed by atoms with E-state index in [4.69, 9.17) is 9.47 Å². The predicted molar refractivity (Wildman–Crippen MR) is 66.7 cm³/mol. The van der Waals surface area contributed by atoms with Gasteiger partial charge in [0.05, 0.1) is 10.5 Å². The van der Waals surface area contributed by atoms with Crippen molar-refractivity contribution in [1.29, 1.82) is 0 Å². The monoisotopic (exact) mass is 310 g/mol. The number of ether oxygens (including phenoxy) is 2. The normalized spacial score (nSPS) is 29.8. The van der Waals surface area contributed by atoms with Crippen LogP contribution in [0.15, 0.2) is 11.1 Å². The molecular weight excluding hydrogens is 291 g/mol. The van der Waals surface area contributed by atoms with Gasteiger partial charge in [-0.25, -0.2) is 0 Å². The molecule has 0 bridgehead atoms. The molecular formula is C11H19IO2. The predicted octanol–water partition coefficient (Wildman–Crippen LogP) is 3.16. The number of allylic oxidation sites excluding steroid dienone is 1. The lowest BCUT2D eigenvalue weighted by Crippen LogP contribution is -2.24. The summed E-state index contributed by atoms with van der Waals surface area (Å²) in [5, 5.41) is 0. The summed E-state index contributed by atoms with van der Waals surface area (Å²) in [6.45, 7) is 6.63. The van der Waals surface area contributed by atoms with Crippen LogP contribution in [0.2, 0.25) is 0 Å². The molecule has 0 fully saturated rings. The zero-order valence-electron chi connectivity index (χ0n) is 9.34. The van der Waals surface area contributed by atoms with Crippen LogP contribution in [0.3, 0.4) is 0 Å². The Hall–Kier alpha value is 0.390. The lowest BCUT2D eigenvalue weighted by molar-refractivity contribution is -0.129. The minimum Gasteiger partial charge on any atom is -0.355 e. The molecule has 0 saturated heterocycles. The lowest BCUT2D eigenvalue weighted by atomic mass is 10.1. The topological polar surface area (TPSA) is 18.5 Å². The molecule has 14 heavy (non-hydrogen) atoms. The smallest absolute Gasteiger partial charge is 0.166 e. The van der Waals surface area contributed by atoms with Crippen LogP contribution in [-0.4, -0.2) is 23.9 Å². The second-order valence-corrected chi connectivity index (χ2v) is 4.83. The summed E-state index contributed by atoms with van der Waals surface area (Å²) in [4.78, 5) is 0. The van der Waals surface area contributed by atoms with Crippen LogP contribution in [0.5, 0.6) is 0 Å². The molecule has 1 aliphatic rings. The summed E-state index contributed by atoms with van der Waals surface area (Å²) in [5.74, 6) is 0.659. The quantitative estimate of drug-likeness (QED) is 0.344. The third-order valence-corrected chi connectivity index (χ3v) is 3.84. The fourth-order valence-corrected chi connectivity index (χ4v) is 2.38. The molecule has 0 aromatic carbocycles. The van der Waals surface area contributed by atoms with E-state index in [9.17, 15) is 0 Å². The van der Waals surface area contributed by atoms with Gasteiger partial charge >= 0.3 is 0 Å². The fraction of sp³-hybridized carbons (Fsp3) is 0.818. The Labute approximate surface area is 100 Å². The first-order chi connectivity index (χ1) is 6.60. The SMILES string of the molecule is COC(CI)OC1CC(C)C(C)=C1C. The Morgan fingerprint density at radius 3 is 2.43 bits per heavy atom. The summed E-state index contributed by atoms with van der Waals surface area (Å²) in [5.41, 5.74) is 2.88. The Balaban J connectivity index is 2.56. The molecule has 0 radical (unpaired) electrons. The van der Waals surface area contributed by atoms with E-state index in [0.29, 0.717) is 5.92 Å². The number of rotatable bonds is 4. The molecule has 3 unspecified atom stereocenters. The van der Waals surface area contributed by atoms with Crippen LogP contribution < -0.4 is 0 Å². The van der Waals surface area contributed by atoms with Crippen molar-refractivity contribution in [3.8, 4) is 0 Å². The lowest BCUT2D eigenvalue weighted by Gasteiger charge is -2.20. The Morgan fingerprint density at radius 2 is 2.07 bits per heavy atom. The van der Waals surface area contributed by atoms with Gasteiger partial charge in [-0.05, 0) is 31.8 Å². The second kappa shape index (κ2) is 5.47. The van der Waals surface area contributed by atoms with E-state index in [0.717, 1.165) is 10.8 Å². The summed E-state index contributed by atoms with van der Waals surface area (Å²) in [6, 6.07) is 0. The van der Waals surface area contributed by atoms with Gasteiger partial charge in [-0.1, -0.05) is 35.1 Å². The average Bonchev–Trinajstić information content (AvgIpc) is 2.42. The first kappa shape index (κ1) is 12.5. The molecule has 1 aliphatic carbocycles. The zero-order valence-corrected chi connectivity index (χ0v) is 11.5. The maximum absolute atomic E-state index is 5.88. The van der Waals surface area contributed by atoms with Crippen molar-refractivity contribution in [2.24, 2.45) is 5.92 Å². The van der Waals surface area contributed by atoms with E-state index in [-0.39, 0.29) is 12.4 Å². The van der Waals surface area contributed by atoms with Crippen LogP contribution in [0.4, 0.5) is 0 Å². The maximum Gasteiger partial charge on any atom is 0.166 e. The van der Waals surface area contributed by atoms with Crippen molar-refractivity contribution in [2.45, 2.75) is 39.6 Å². The van der Waals surface area contributed by atoms with Gasteiger partial charge in [0, 0.05) is 7.11 Å². The molecule has 3 heteroatoms. The molecule has 2 nitrogen and oxygen atoms in total. The maximum atomic E-state index is 5.88. The van der Waals surface area contributed by atoms with E-state index in [1.54, 1.807) is 7.11 Å². The van der Waals surface area contributed by atoms with E-state index < -0.39 is 0 Å². The Bertz CT molecular complexity index is 221. The highest BCUT2D eigenvalue weighted by molar-refractivity contribution is 14.1. The fourth-order valence-electron chi connectivity index (χ4n) is 1.81. The molecule has 0 saturated carbocycles. The molecule has 0 amide bonds. The summed E-state index contributed by atoms with van der Waals surface area (Å²) in [6.07, 6.45) is 1.31. The van der Waals surface area contributed by atoms with E-state index in [1.165, 1.54) is 11.1 Å². The van der Waals surface area contributed by atoms with Crippen molar-refractivity contribution in [3.63, 3.8) is 0 Å². The third-order valence-electron chi connectivity index (χ3n) is 3.12. The molecule has 0 N–H and O–H groups in total. The summed E-state index contributed by atoms with van der Waals surface area (Å²) in [7, 11) is 1.70. The first-order valence-electron chi connectivity index (χ1n) is 5.01. The second-order valence-electron chi connectivity index (χ2n) is 3.95. The van der Waals surface area contributed by atoms with Gasteiger partial charge < -0.3 is 9.47 Å². The molecule has 1 rings (SSSR count). The highest BCUT2D eigenvalue weighted by Crippen LogP contribution is 2.33. The van der Waals surface area contributed by atoms with Gasteiger partial charge in [0.2, 0.25) is 0 Å². The minimum atomic E-state index is -0.0614. The number of hydrogen-bond donors (Lipinski definition) is 0.